The summed E-state index contributed by atoms with van der Waals surface area (Å²) in [5, 5.41) is 13.8. The average molecular weight is 297 g/mol. The molecule has 2 heterocycles. The lowest BCUT2D eigenvalue weighted by Gasteiger charge is -2.34. The largest absolute Gasteiger partial charge is 0.353 e. The molecule has 1 aromatic heterocycles. The van der Waals surface area contributed by atoms with E-state index in [1.807, 2.05) is 41.8 Å². The second kappa shape index (κ2) is 6.08. The molecule has 1 fully saturated rings. The number of amides is 1. The van der Waals surface area contributed by atoms with Crippen LogP contribution < -0.4 is 5.32 Å². The Balaban J connectivity index is 1.81. The number of carbonyl (C=O) groups excluding carboxylic acids is 1. The van der Waals surface area contributed by atoms with Crippen LogP contribution in [0.4, 0.5) is 0 Å². The third-order valence-electron chi connectivity index (χ3n) is 3.59. The Morgan fingerprint density at radius 3 is 2.81 bits per heavy atom. The van der Waals surface area contributed by atoms with E-state index in [1.54, 1.807) is 11.3 Å². The Morgan fingerprint density at radius 2 is 2.14 bits per heavy atom. The van der Waals surface area contributed by atoms with E-state index in [1.165, 1.54) is 0 Å². The molecule has 2 aromatic rings. The van der Waals surface area contributed by atoms with Crippen LogP contribution in [0, 0.1) is 11.3 Å². The summed E-state index contributed by atoms with van der Waals surface area (Å²) < 4.78 is 0. The van der Waals surface area contributed by atoms with Gasteiger partial charge in [-0.3, -0.25) is 9.69 Å². The van der Waals surface area contributed by atoms with Gasteiger partial charge in [-0.2, -0.15) is 5.26 Å². The van der Waals surface area contributed by atoms with Gasteiger partial charge in [-0.15, -0.1) is 11.3 Å². The molecule has 0 saturated carbocycles. The van der Waals surface area contributed by atoms with Crippen LogP contribution in [0.15, 0.2) is 41.8 Å². The summed E-state index contributed by atoms with van der Waals surface area (Å²) in [5.74, 6) is 0.0670. The van der Waals surface area contributed by atoms with E-state index in [9.17, 15) is 4.79 Å². The molecule has 1 atom stereocenters. The van der Waals surface area contributed by atoms with Crippen LogP contribution in [0.1, 0.15) is 22.0 Å². The first-order valence-electron chi connectivity index (χ1n) is 6.82. The molecule has 1 saturated heterocycles. The number of rotatable bonds is 3. The van der Waals surface area contributed by atoms with Crippen molar-refractivity contribution in [3.05, 3.63) is 57.8 Å². The highest BCUT2D eigenvalue weighted by Crippen LogP contribution is 2.28. The fourth-order valence-electron chi connectivity index (χ4n) is 2.56. The quantitative estimate of drug-likeness (QED) is 0.945. The summed E-state index contributed by atoms with van der Waals surface area (Å²) in [6.07, 6.45) is 0. The molecular formula is C16H15N3OS. The molecule has 5 heteroatoms. The third kappa shape index (κ3) is 2.97. The van der Waals surface area contributed by atoms with Gasteiger partial charge in [0.2, 0.25) is 5.91 Å². The first-order valence-corrected chi connectivity index (χ1v) is 7.70. The molecular weight excluding hydrogens is 282 g/mol. The van der Waals surface area contributed by atoms with E-state index < -0.39 is 0 Å². The molecule has 3 rings (SSSR count). The second-order valence-corrected chi connectivity index (χ2v) is 5.97. The average Bonchev–Trinajstić information content (AvgIpc) is 3.02. The number of thiophene rings is 1. The molecule has 0 spiro atoms. The number of hydrogen-bond acceptors (Lipinski definition) is 4. The highest BCUT2D eigenvalue weighted by atomic mass is 32.1. The van der Waals surface area contributed by atoms with Gasteiger partial charge >= 0.3 is 0 Å². The number of piperazine rings is 1. The van der Waals surface area contributed by atoms with Crippen molar-refractivity contribution in [3.8, 4) is 6.07 Å². The van der Waals surface area contributed by atoms with Crippen LogP contribution >= 0.6 is 11.3 Å². The van der Waals surface area contributed by atoms with E-state index in [-0.39, 0.29) is 11.9 Å². The smallest absolute Gasteiger partial charge is 0.242 e. The molecule has 1 aromatic carbocycles. The van der Waals surface area contributed by atoms with Crippen LogP contribution in [0.2, 0.25) is 0 Å². The van der Waals surface area contributed by atoms with Gasteiger partial charge < -0.3 is 5.32 Å². The predicted octanol–water partition coefficient (Wildman–Crippen LogP) is 2.29. The maximum absolute atomic E-state index is 12.2. The number of benzene rings is 1. The van der Waals surface area contributed by atoms with Gasteiger partial charge in [0.15, 0.2) is 0 Å². The minimum Gasteiger partial charge on any atom is -0.353 e. The summed E-state index contributed by atoms with van der Waals surface area (Å²) in [6.45, 7) is 2.22. The lowest BCUT2D eigenvalue weighted by Crippen LogP contribution is -2.49. The minimum atomic E-state index is -0.214. The van der Waals surface area contributed by atoms with Gasteiger partial charge in [-0.1, -0.05) is 18.2 Å². The van der Waals surface area contributed by atoms with Crippen LogP contribution in [0.5, 0.6) is 0 Å². The number of hydrogen-bond donors (Lipinski definition) is 1. The Bertz CT molecular complexity index is 658. The van der Waals surface area contributed by atoms with Crippen LogP contribution in [0.3, 0.4) is 0 Å². The SMILES string of the molecule is N#Cc1ccc(CN2CCNC(=O)C2c2cccs2)cc1. The molecule has 1 aliphatic heterocycles. The minimum absolute atomic E-state index is 0.0670. The second-order valence-electron chi connectivity index (χ2n) is 4.99. The maximum atomic E-state index is 12.2. The first kappa shape index (κ1) is 13.8. The zero-order chi connectivity index (χ0) is 14.7. The molecule has 0 aliphatic carbocycles. The van der Waals surface area contributed by atoms with Crippen molar-refractivity contribution in [1.82, 2.24) is 10.2 Å². The summed E-state index contributed by atoms with van der Waals surface area (Å²) in [5.41, 5.74) is 1.77. The predicted molar refractivity (Wildman–Crippen MR) is 81.6 cm³/mol. The monoisotopic (exact) mass is 297 g/mol. The number of nitrogens with zero attached hydrogens (tertiary/aromatic N) is 2. The summed E-state index contributed by atoms with van der Waals surface area (Å²) in [4.78, 5) is 15.5. The fraction of sp³-hybridized carbons (Fsp3) is 0.250. The zero-order valence-electron chi connectivity index (χ0n) is 11.5. The standard InChI is InChI=1S/C16H15N3OS/c17-10-12-3-5-13(6-4-12)11-19-8-7-18-16(20)15(19)14-2-1-9-21-14/h1-6,9,15H,7-8,11H2,(H,18,20). The molecule has 1 N–H and O–H groups in total. The maximum Gasteiger partial charge on any atom is 0.242 e. The van der Waals surface area contributed by atoms with E-state index in [4.69, 9.17) is 5.26 Å². The van der Waals surface area contributed by atoms with Crippen LogP contribution in [-0.4, -0.2) is 23.9 Å². The lowest BCUT2D eigenvalue weighted by molar-refractivity contribution is -0.129. The molecule has 0 bridgehead atoms. The van der Waals surface area contributed by atoms with Crippen molar-refractivity contribution in [3.63, 3.8) is 0 Å². The normalized spacial score (nSPS) is 19.0. The highest BCUT2D eigenvalue weighted by molar-refractivity contribution is 7.10. The van der Waals surface area contributed by atoms with Gasteiger partial charge in [0.05, 0.1) is 11.6 Å². The fourth-order valence-corrected chi connectivity index (χ4v) is 3.42. The number of nitriles is 1. The molecule has 0 radical (unpaired) electrons. The molecule has 4 nitrogen and oxygen atoms in total. The summed E-state index contributed by atoms with van der Waals surface area (Å²) in [7, 11) is 0. The van der Waals surface area contributed by atoms with Gasteiger partial charge in [-0.25, -0.2) is 0 Å². The van der Waals surface area contributed by atoms with Crippen molar-refractivity contribution < 1.29 is 4.79 Å². The van der Waals surface area contributed by atoms with Gasteiger partial charge in [-0.05, 0) is 29.1 Å². The highest BCUT2D eigenvalue weighted by Gasteiger charge is 2.31. The third-order valence-corrected chi connectivity index (χ3v) is 4.52. The molecule has 1 unspecified atom stereocenters. The lowest BCUT2D eigenvalue weighted by atomic mass is 10.1. The summed E-state index contributed by atoms with van der Waals surface area (Å²) >= 11 is 1.61. The van der Waals surface area contributed by atoms with E-state index >= 15 is 0 Å². The Labute approximate surface area is 127 Å². The Kier molecular flexibility index (Phi) is 4.00. The molecule has 1 aliphatic rings. The van der Waals surface area contributed by atoms with Crippen molar-refractivity contribution in [2.75, 3.05) is 13.1 Å². The number of nitrogens with one attached hydrogen (secondary N) is 1. The molecule has 21 heavy (non-hydrogen) atoms. The molecule has 106 valence electrons. The first-order chi connectivity index (χ1) is 10.3. The van der Waals surface area contributed by atoms with Gasteiger partial charge in [0, 0.05) is 24.5 Å². The molecule has 1 amide bonds. The number of carbonyl (C=O) groups is 1. The Hall–Kier alpha value is -2.16. The topological polar surface area (TPSA) is 56.1 Å². The van der Waals surface area contributed by atoms with E-state index in [0.29, 0.717) is 18.7 Å². The summed E-state index contributed by atoms with van der Waals surface area (Å²) in [6, 6.07) is 13.4. The zero-order valence-corrected chi connectivity index (χ0v) is 12.3. The Morgan fingerprint density at radius 1 is 1.33 bits per heavy atom. The van der Waals surface area contributed by atoms with Crippen LogP contribution in [-0.2, 0) is 11.3 Å². The van der Waals surface area contributed by atoms with E-state index in [0.717, 1.165) is 17.0 Å². The van der Waals surface area contributed by atoms with Crippen molar-refractivity contribution >= 4 is 17.2 Å². The van der Waals surface area contributed by atoms with E-state index in [2.05, 4.69) is 16.3 Å². The van der Waals surface area contributed by atoms with Crippen molar-refractivity contribution in [2.24, 2.45) is 0 Å². The van der Waals surface area contributed by atoms with Crippen LogP contribution in [0.25, 0.3) is 0 Å². The van der Waals surface area contributed by atoms with Gasteiger partial charge in [0.1, 0.15) is 6.04 Å². The van der Waals surface area contributed by atoms with Crippen molar-refractivity contribution in [2.45, 2.75) is 12.6 Å². The van der Waals surface area contributed by atoms with Crippen molar-refractivity contribution in [1.29, 1.82) is 5.26 Å². The van der Waals surface area contributed by atoms with Gasteiger partial charge in [0.25, 0.3) is 0 Å².